The molecule has 3 heteroatoms. The van der Waals surface area contributed by atoms with Crippen LogP contribution in [0.2, 0.25) is 0 Å². The third-order valence-electron chi connectivity index (χ3n) is 4.13. The largest absolute Gasteiger partial charge is 0.396 e. The van der Waals surface area contributed by atoms with Crippen LogP contribution < -0.4 is 5.32 Å². The standard InChI is InChI=1S/C17H25NO2/c1-17(2,3)15(9-10-19)18-16(20)14-11-13(14)12-7-5-4-6-8-12/h4-8,13-15,19H,9-11H2,1-3H3,(H,18,20). The zero-order chi connectivity index (χ0) is 14.8. The summed E-state index contributed by atoms with van der Waals surface area (Å²) in [7, 11) is 0. The molecule has 1 aromatic rings. The molecule has 0 heterocycles. The molecule has 3 nitrogen and oxygen atoms in total. The molecule has 1 amide bonds. The first-order chi connectivity index (χ1) is 9.43. The Balaban J connectivity index is 1.93. The van der Waals surface area contributed by atoms with Gasteiger partial charge in [-0.05, 0) is 29.7 Å². The monoisotopic (exact) mass is 275 g/mol. The van der Waals surface area contributed by atoms with Crippen LogP contribution in [0.1, 0.15) is 45.1 Å². The van der Waals surface area contributed by atoms with Crippen LogP contribution in [0.15, 0.2) is 30.3 Å². The van der Waals surface area contributed by atoms with Gasteiger partial charge in [0.2, 0.25) is 5.91 Å². The van der Waals surface area contributed by atoms with Crippen molar-refractivity contribution < 1.29 is 9.90 Å². The first-order valence-corrected chi connectivity index (χ1v) is 7.39. The number of amides is 1. The SMILES string of the molecule is CC(C)(C)C(CCO)NC(=O)C1CC1c1ccccc1. The third kappa shape index (κ3) is 3.60. The van der Waals surface area contributed by atoms with Crippen LogP contribution in [0.3, 0.4) is 0 Å². The molecule has 3 atom stereocenters. The van der Waals surface area contributed by atoms with Gasteiger partial charge in [-0.1, -0.05) is 51.1 Å². The van der Waals surface area contributed by atoms with E-state index in [2.05, 4.69) is 38.2 Å². The molecule has 1 aliphatic rings. The molecule has 0 saturated heterocycles. The van der Waals surface area contributed by atoms with Crippen molar-refractivity contribution in [1.29, 1.82) is 0 Å². The lowest BCUT2D eigenvalue weighted by atomic mass is 9.85. The van der Waals surface area contributed by atoms with E-state index in [9.17, 15) is 4.79 Å². The second kappa shape index (κ2) is 5.96. The van der Waals surface area contributed by atoms with Crippen molar-refractivity contribution >= 4 is 5.91 Å². The summed E-state index contributed by atoms with van der Waals surface area (Å²) >= 11 is 0. The fraction of sp³-hybridized carbons (Fsp3) is 0.588. The zero-order valence-electron chi connectivity index (χ0n) is 12.6. The van der Waals surface area contributed by atoms with Crippen molar-refractivity contribution in [1.82, 2.24) is 5.32 Å². The van der Waals surface area contributed by atoms with Crippen LogP contribution in [0.4, 0.5) is 0 Å². The van der Waals surface area contributed by atoms with Gasteiger partial charge in [0.1, 0.15) is 0 Å². The third-order valence-corrected chi connectivity index (χ3v) is 4.13. The van der Waals surface area contributed by atoms with Gasteiger partial charge in [-0.3, -0.25) is 4.79 Å². The minimum absolute atomic E-state index is 0.0250. The number of carbonyl (C=O) groups excluding carboxylic acids is 1. The Kier molecular flexibility index (Phi) is 4.48. The Morgan fingerprint density at radius 3 is 2.55 bits per heavy atom. The van der Waals surface area contributed by atoms with E-state index in [0.29, 0.717) is 12.3 Å². The number of aliphatic hydroxyl groups excluding tert-OH is 1. The molecule has 1 aliphatic carbocycles. The van der Waals surface area contributed by atoms with E-state index in [1.807, 2.05) is 18.2 Å². The van der Waals surface area contributed by atoms with Crippen molar-refractivity contribution in [3.05, 3.63) is 35.9 Å². The van der Waals surface area contributed by atoms with E-state index in [-0.39, 0.29) is 29.9 Å². The van der Waals surface area contributed by atoms with Gasteiger partial charge in [0.05, 0.1) is 0 Å². The highest BCUT2D eigenvalue weighted by Crippen LogP contribution is 2.47. The Labute approximate surface area is 121 Å². The molecule has 2 rings (SSSR count). The highest BCUT2D eigenvalue weighted by atomic mass is 16.3. The molecule has 110 valence electrons. The van der Waals surface area contributed by atoms with Crippen LogP contribution in [-0.2, 0) is 4.79 Å². The molecule has 1 aromatic carbocycles. The van der Waals surface area contributed by atoms with Gasteiger partial charge >= 0.3 is 0 Å². The number of hydrogen-bond acceptors (Lipinski definition) is 2. The van der Waals surface area contributed by atoms with E-state index in [0.717, 1.165) is 6.42 Å². The van der Waals surface area contributed by atoms with Crippen LogP contribution in [0, 0.1) is 11.3 Å². The Morgan fingerprint density at radius 1 is 1.35 bits per heavy atom. The van der Waals surface area contributed by atoms with E-state index in [1.54, 1.807) is 0 Å². The summed E-state index contributed by atoms with van der Waals surface area (Å²) in [6.45, 7) is 6.38. The van der Waals surface area contributed by atoms with Gasteiger partial charge in [0.25, 0.3) is 0 Å². The quantitative estimate of drug-likeness (QED) is 0.868. The smallest absolute Gasteiger partial charge is 0.223 e. The van der Waals surface area contributed by atoms with Crippen molar-refractivity contribution in [3.8, 4) is 0 Å². The molecule has 1 fully saturated rings. The predicted molar refractivity (Wildman–Crippen MR) is 80.4 cm³/mol. The molecule has 0 aromatic heterocycles. The average Bonchev–Trinajstić information content (AvgIpc) is 3.18. The Hall–Kier alpha value is -1.35. The van der Waals surface area contributed by atoms with Crippen LogP contribution in [0.25, 0.3) is 0 Å². The molecule has 0 radical (unpaired) electrons. The summed E-state index contributed by atoms with van der Waals surface area (Å²) in [5.41, 5.74) is 1.22. The maximum atomic E-state index is 12.3. The molecule has 1 saturated carbocycles. The van der Waals surface area contributed by atoms with Crippen molar-refractivity contribution in [2.45, 2.75) is 45.6 Å². The van der Waals surface area contributed by atoms with Gasteiger partial charge in [-0.15, -0.1) is 0 Å². The predicted octanol–water partition coefficient (Wildman–Crippen LogP) is 2.70. The van der Waals surface area contributed by atoms with Gasteiger partial charge in [-0.25, -0.2) is 0 Å². The first-order valence-electron chi connectivity index (χ1n) is 7.39. The lowest BCUT2D eigenvalue weighted by Crippen LogP contribution is -2.45. The van der Waals surface area contributed by atoms with Crippen molar-refractivity contribution in [3.63, 3.8) is 0 Å². The van der Waals surface area contributed by atoms with Gasteiger partial charge in [-0.2, -0.15) is 0 Å². The van der Waals surface area contributed by atoms with E-state index < -0.39 is 0 Å². The maximum Gasteiger partial charge on any atom is 0.223 e. The number of aliphatic hydroxyl groups is 1. The maximum absolute atomic E-state index is 12.3. The second-order valence-electron chi connectivity index (χ2n) is 6.80. The first kappa shape index (κ1) is 15.0. The number of benzene rings is 1. The number of nitrogens with one attached hydrogen (secondary N) is 1. The normalized spacial score (nSPS) is 23.2. The van der Waals surface area contributed by atoms with Crippen molar-refractivity contribution in [2.24, 2.45) is 11.3 Å². The number of rotatable bonds is 5. The molecular weight excluding hydrogens is 250 g/mol. The van der Waals surface area contributed by atoms with E-state index in [1.165, 1.54) is 5.56 Å². The molecule has 3 unspecified atom stereocenters. The Bertz CT molecular complexity index is 450. The second-order valence-corrected chi connectivity index (χ2v) is 6.80. The molecule has 2 N–H and O–H groups in total. The summed E-state index contributed by atoms with van der Waals surface area (Å²) in [6, 6.07) is 10.2. The van der Waals surface area contributed by atoms with Crippen LogP contribution >= 0.6 is 0 Å². The van der Waals surface area contributed by atoms with Gasteiger partial charge in [0, 0.05) is 18.6 Å². The molecule has 0 bridgehead atoms. The highest BCUT2D eigenvalue weighted by Gasteiger charge is 2.44. The fourth-order valence-corrected chi connectivity index (χ4v) is 2.68. The highest BCUT2D eigenvalue weighted by molar-refractivity contribution is 5.83. The van der Waals surface area contributed by atoms with Crippen LogP contribution in [0.5, 0.6) is 0 Å². The Morgan fingerprint density at radius 2 is 2.00 bits per heavy atom. The number of hydrogen-bond donors (Lipinski definition) is 2. The summed E-state index contributed by atoms with van der Waals surface area (Å²) in [5, 5.41) is 12.3. The molecule has 0 spiro atoms. The minimum atomic E-state index is -0.0322. The van der Waals surface area contributed by atoms with E-state index >= 15 is 0 Å². The van der Waals surface area contributed by atoms with E-state index in [4.69, 9.17) is 5.11 Å². The lowest BCUT2D eigenvalue weighted by molar-refractivity contribution is -0.124. The lowest BCUT2D eigenvalue weighted by Gasteiger charge is -2.31. The minimum Gasteiger partial charge on any atom is -0.396 e. The number of carbonyl (C=O) groups is 1. The summed E-state index contributed by atoms with van der Waals surface area (Å²) in [6.07, 6.45) is 1.55. The summed E-state index contributed by atoms with van der Waals surface area (Å²) in [5.74, 6) is 0.596. The molecule has 0 aliphatic heterocycles. The average molecular weight is 275 g/mol. The zero-order valence-corrected chi connectivity index (χ0v) is 12.6. The fourth-order valence-electron chi connectivity index (χ4n) is 2.68. The molecule has 20 heavy (non-hydrogen) atoms. The molecular formula is C17H25NO2. The van der Waals surface area contributed by atoms with Gasteiger partial charge < -0.3 is 10.4 Å². The summed E-state index contributed by atoms with van der Waals surface area (Å²) in [4.78, 5) is 12.3. The summed E-state index contributed by atoms with van der Waals surface area (Å²) < 4.78 is 0. The van der Waals surface area contributed by atoms with Crippen molar-refractivity contribution in [2.75, 3.05) is 6.61 Å². The van der Waals surface area contributed by atoms with Crippen LogP contribution in [-0.4, -0.2) is 23.7 Å². The topological polar surface area (TPSA) is 49.3 Å². The van der Waals surface area contributed by atoms with Gasteiger partial charge in [0.15, 0.2) is 0 Å².